The van der Waals surface area contributed by atoms with Crippen molar-refractivity contribution in [3.8, 4) is 0 Å². The predicted octanol–water partition coefficient (Wildman–Crippen LogP) is -0.488. The molecule has 1 heterocycles. The normalized spacial score (nSPS) is 22.3. The molecule has 0 radical (unpaired) electrons. The molecule has 18 heavy (non-hydrogen) atoms. The van der Waals surface area contributed by atoms with Crippen LogP contribution >= 0.6 is 0 Å². The summed E-state index contributed by atoms with van der Waals surface area (Å²) in [7, 11) is -3.20. The van der Waals surface area contributed by atoms with Crippen LogP contribution in [0.2, 0.25) is 0 Å². The molecule has 1 aliphatic rings. The van der Waals surface area contributed by atoms with Gasteiger partial charge in [0.25, 0.3) is 0 Å². The molecule has 1 rings (SSSR count). The van der Waals surface area contributed by atoms with Gasteiger partial charge < -0.3 is 5.73 Å². The Morgan fingerprint density at radius 2 is 2.17 bits per heavy atom. The maximum absolute atomic E-state index is 11.6. The molecular formula is C11H23N3O3S. The van der Waals surface area contributed by atoms with Crippen molar-refractivity contribution in [1.82, 2.24) is 9.62 Å². The topological polar surface area (TPSA) is 92.5 Å². The van der Waals surface area contributed by atoms with Crippen molar-refractivity contribution in [2.75, 3.05) is 26.2 Å². The summed E-state index contributed by atoms with van der Waals surface area (Å²) in [6, 6.07) is 0. The van der Waals surface area contributed by atoms with E-state index in [-0.39, 0.29) is 18.4 Å². The van der Waals surface area contributed by atoms with Gasteiger partial charge in [0.05, 0.1) is 11.8 Å². The molecule has 0 aromatic rings. The first-order chi connectivity index (χ1) is 8.31. The minimum atomic E-state index is -3.20. The smallest absolute Gasteiger partial charge is 0.231 e. The maximum Gasteiger partial charge on any atom is 0.231 e. The molecule has 0 spiro atoms. The molecule has 0 bridgehead atoms. The summed E-state index contributed by atoms with van der Waals surface area (Å²) >= 11 is 0. The molecule has 0 aromatic carbocycles. The van der Waals surface area contributed by atoms with Crippen molar-refractivity contribution in [2.24, 2.45) is 11.7 Å². The number of rotatable bonds is 6. The highest BCUT2D eigenvalue weighted by molar-refractivity contribution is 7.90. The average molecular weight is 277 g/mol. The van der Waals surface area contributed by atoms with Crippen LogP contribution in [0, 0.1) is 5.92 Å². The largest absolute Gasteiger partial charge is 0.369 e. The fourth-order valence-electron chi connectivity index (χ4n) is 2.08. The minimum absolute atomic E-state index is 0.256. The predicted molar refractivity (Wildman–Crippen MR) is 70.4 cm³/mol. The van der Waals surface area contributed by atoms with Crippen LogP contribution in [0.25, 0.3) is 0 Å². The van der Waals surface area contributed by atoms with Crippen molar-refractivity contribution in [2.45, 2.75) is 31.9 Å². The molecule has 1 unspecified atom stereocenters. The molecule has 0 aliphatic carbocycles. The third-order valence-electron chi connectivity index (χ3n) is 3.18. The molecule has 106 valence electrons. The van der Waals surface area contributed by atoms with Gasteiger partial charge in [-0.05, 0) is 39.2 Å². The van der Waals surface area contributed by atoms with Crippen molar-refractivity contribution < 1.29 is 13.2 Å². The summed E-state index contributed by atoms with van der Waals surface area (Å²) < 4.78 is 25.9. The Kier molecular flexibility index (Phi) is 5.55. The average Bonchev–Trinajstić information content (AvgIpc) is 2.26. The first-order valence-corrected chi connectivity index (χ1v) is 7.85. The van der Waals surface area contributed by atoms with Gasteiger partial charge in [0.1, 0.15) is 0 Å². The zero-order valence-corrected chi connectivity index (χ0v) is 11.9. The van der Waals surface area contributed by atoms with Crippen molar-refractivity contribution >= 4 is 15.9 Å². The van der Waals surface area contributed by atoms with Crippen LogP contribution in [0.5, 0.6) is 0 Å². The first-order valence-electron chi connectivity index (χ1n) is 6.30. The number of carbonyl (C=O) groups is 1. The number of nitrogens with one attached hydrogen (secondary N) is 1. The molecule has 1 saturated heterocycles. The van der Waals surface area contributed by atoms with E-state index < -0.39 is 15.3 Å². The lowest BCUT2D eigenvalue weighted by Gasteiger charge is -2.31. The maximum atomic E-state index is 11.6. The zero-order valence-electron chi connectivity index (χ0n) is 11.1. The van der Waals surface area contributed by atoms with E-state index in [0.717, 1.165) is 25.9 Å². The molecule has 1 aliphatic heterocycles. The quantitative estimate of drug-likeness (QED) is 0.685. The molecule has 7 heteroatoms. The SMILES string of the molecule is CC(C)S(=O)(=O)NCC1CCCN(CC(N)=O)C1. The summed E-state index contributed by atoms with van der Waals surface area (Å²) in [5.74, 6) is -0.0787. The monoisotopic (exact) mass is 277 g/mol. The van der Waals surface area contributed by atoms with Gasteiger partial charge in [-0.3, -0.25) is 9.69 Å². The summed E-state index contributed by atoms with van der Waals surface area (Å²) in [4.78, 5) is 12.8. The molecule has 0 aromatic heterocycles. The number of likely N-dealkylation sites (tertiary alicyclic amines) is 1. The lowest BCUT2D eigenvalue weighted by molar-refractivity contribution is -0.119. The second-order valence-electron chi connectivity index (χ2n) is 5.15. The highest BCUT2D eigenvalue weighted by Crippen LogP contribution is 2.15. The molecule has 1 atom stereocenters. The number of nitrogens with two attached hydrogens (primary N) is 1. The summed E-state index contributed by atoms with van der Waals surface area (Å²) in [6.45, 7) is 5.59. The molecule has 6 nitrogen and oxygen atoms in total. The third kappa shape index (κ3) is 4.91. The number of amides is 1. The van der Waals surface area contributed by atoms with E-state index in [4.69, 9.17) is 5.73 Å². The van der Waals surface area contributed by atoms with Gasteiger partial charge in [-0.25, -0.2) is 13.1 Å². The van der Waals surface area contributed by atoms with Crippen LogP contribution in [0.1, 0.15) is 26.7 Å². The Morgan fingerprint density at radius 1 is 1.50 bits per heavy atom. The summed E-state index contributed by atoms with van der Waals surface area (Å²) in [5, 5.41) is -0.414. The van der Waals surface area contributed by atoms with Crippen LogP contribution in [0.4, 0.5) is 0 Å². The summed E-state index contributed by atoms with van der Waals surface area (Å²) in [6.07, 6.45) is 1.96. The second kappa shape index (κ2) is 6.49. The van der Waals surface area contributed by atoms with Gasteiger partial charge in [0.15, 0.2) is 0 Å². The number of hydrogen-bond acceptors (Lipinski definition) is 4. The van der Waals surface area contributed by atoms with Crippen molar-refractivity contribution in [3.63, 3.8) is 0 Å². The highest BCUT2D eigenvalue weighted by Gasteiger charge is 2.23. The van der Waals surface area contributed by atoms with Gasteiger partial charge >= 0.3 is 0 Å². The second-order valence-corrected chi connectivity index (χ2v) is 7.47. The number of piperidine rings is 1. The zero-order chi connectivity index (χ0) is 13.8. The Bertz CT molecular complexity index is 381. The number of sulfonamides is 1. The van der Waals surface area contributed by atoms with E-state index in [1.165, 1.54) is 0 Å². The molecule has 0 saturated carbocycles. The van der Waals surface area contributed by atoms with Crippen molar-refractivity contribution in [1.29, 1.82) is 0 Å². The van der Waals surface area contributed by atoms with E-state index in [2.05, 4.69) is 4.72 Å². The van der Waals surface area contributed by atoms with Gasteiger partial charge in [-0.1, -0.05) is 0 Å². The molecule has 3 N–H and O–H groups in total. The number of nitrogens with zero attached hydrogens (tertiary/aromatic N) is 1. The lowest BCUT2D eigenvalue weighted by Crippen LogP contribution is -2.44. The van der Waals surface area contributed by atoms with Gasteiger partial charge in [0.2, 0.25) is 15.9 Å². The fourth-order valence-corrected chi connectivity index (χ4v) is 2.88. The summed E-state index contributed by atoms with van der Waals surface area (Å²) in [5.41, 5.74) is 5.16. The van der Waals surface area contributed by atoms with E-state index in [0.29, 0.717) is 6.54 Å². The van der Waals surface area contributed by atoms with Gasteiger partial charge in [0, 0.05) is 13.1 Å². The van der Waals surface area contributed by atoms with E-state index in [1.54, 1.807) is 13.8 Å². The molecule has 1 amide bonds. The number of hydrogen-bond donors (Lipinski definition) is 2. The van der Waals surface area contributed by atoms with Crippen LogP contribution in [0.3, 0.4) is 0 Å². The van der Waals surface area contributed by atoms with Gasteiger partial charge in [-0.2, -0.15) is 0 Å². The number of primary amides is 1. The lowest BCUT2D eigenvalue weighted by atomic mass is 9.98. The van der Waals surface area contributed by atoms with Crippen molar-refractivity contribution in [3.05, 3.63) is 0 Å². The van der Waals surface area contributed by atoms with Crippen LogP contribution in [0.15, 0.2) is 0 Å². The molecular weight excluding hydrogens is 254 g/mol. The van der Waals surface area contributed by atoms with Crippen LogP contribution in [-0.4, -0.2) is 50.7 Å². The van der Waals surface area contributed by atoms with E-state index in [1.807, 2.05) is 4.90 Å². The first kappa shape index (κ1) is 15.4. The molecule has 1 fully saturated rings. The van der Waals surface area contributed by atoms with E-state index in [9.17, 15) is 13.2 Å². The van der Waals surface area contributed by atoms with E-state index >= 15 is 0 Å². The van der Waals surface area contributed by atoms with Crippen LogP contribution in [-0.2, 0) is 14.8 Å². The fraction of sp³-hybridized carbons (Fsp3) is 0.909. The standard InChI is InChI=1S/C11H23N3O3S/c1-9(2)18(16,17)13-6-10-4-3-5-14(7-10)8-11(12)15/h9-10,13H,3-8H2,1-2H3,(H2,12,15). The number of carbonyl (C=O) groups excluding carboxylic acids is 1. The van der Waals surface area contributed by atoms with Gasteiger partial charge in [-0.15, -0.1) is 0 Å². The Balaban J connectivity index is 2.41. The highest BCUT2D eigenvalue weighted by atomic mass is 32.2. The minimum Gasteiger partial charge on any atom is -0.369 e. The Labute approximate surface area is 109 Å². The Morgan fingerprint density at radius 3 is 2.72 bits per heavy atom. The Hall–Kier alpha value is -0.660. The third-order valence-corrected chi connectivity index (χ3v) is 4.99. The van der Waals surface area contributed by atoms with Crippen LogP contribution < -0.4 is 10.5 Å².